The van der Waals surface area contributed by atoms with E-state index in [0.29, 0.717) is 11.7 Å². The number of aliphatic carboxylic acids is 1. The maximum atomic E-state index is 10.7. The first-order valence-corrected chi connectivity index (χ1v) is 8.13. The molecular weight excluding hydrogens is 292 g/mol. The van der Waals surface area contributed by atoms with Crippen LogP contribution in [0.5, 0.6) is 5.75 Å². The molecule has 0 aliphatic carbocycles. The van der Waals surface area contributed by atoms with Crippen LogP contribution in [-0.4, -0.2) is 60.2 Å². The Hall–Kier alpha value is -1.59. The fraction of sp³-hybridized carbons (Fsp3) is 0.611. The first-order chi connectivity index (χ1) is 10.8. The van der Waals surface area contributed by atoms with E-state index < -0.39 is 5.97 Å². The molecule has 0 aromatic heterocycles. The van der Waals surface area contributed by atoms with E-state index in [2.05, 4.69) is 37.7 Å². The molecule has 5 nitrogen and oxygen atoms in total. The van der Waals surface area contributed by atoms with E-state index in [4.69, 9.17) is 9.84 Å². The molecule has 23 heavy (non-hydrogen) atoms. The summed E-state index contributed by atoms with van der Waals surface area (Å²) in [5.41, 5.74) is 1.24. The standard InChI is InChI=1S/C18H28N2O3/c1-18(2)15(9-10-20(18)4)12-19(3)11-14-7-5-6-8-16(14)23-13-17(21)22/h5-8,15H,9-13H2,1-4H3,(H,21,22)/t15-/m1/s1. The molecule has 1 saturated heterocycles. The molecular formula is C18H28N2O3. The van der Waals surface area contributed by atoms with Crippen molar-refractivity contribution in [2.45, 2.75) is 32.4 Å². The lowest BCUT2D eigenvalue weighted by molar-refractivity contribution is -0.139. The predicted molar refractivity (Wildman–Crippen MR) is 90.7 cm³/mol. The summed E-state index contributed by atoms with van der Waals surface area (Å²) >= 11 is 0. The first-order valence-electron chi connectivity index (χ1n) is 8.13. The zero-order chi connectivity index (χ0) is 17.0. The average Bonchev–Trinajstić information content (AvgIpc) is 2.73. The third-order valence-corrected chi connectivity index (χ3v) is 5.09. The summed E-state index contributed by atoms with van der Waals surface area (Å²) in [6.45, 7) is 7.23. The summed E-state index contributed by atoms with van der Waals surface area (Å²) in [6.07, 6.45) is 1.21. The summed E-state index contributed by atoms with van der Waals surface area (Å²) in [5.74, 6) is 0.332. The van der Waals surface area contributed by atoms with Crippen molar-refractivity contribution < 1.29 is 14.6 Å². The maximum absolute atomic E-state index is 10.7. The lowest BCUT2D eigenvalue weighted by atomic mass is 9.88. The van der Waals surface area contributed by atoms with Gasteiger partial charge in [0.05, 0.1) is 0 Å². The zero-order valence-corrected chi connectivity index (χ0v) is 14.6. The van der Waals surface area contributed by atoms with Crippen LogP contribution in [0, 0.1) is 5.92 Å². The molecule has 1 aromatic carbocycles. The van der Waals surface area contributed by atoms with Gasteiger partial charge in [0.15, 0.2) is 6.61 Å². The lowest BCUT2D eigenvalue weighted by Crippen LogP contribution is -2.43. The number of hydrogen-bond acceptors (Lipinski definition) is 4. The molecule has 5 heteroatoms. The Kier molecular flexibility index (Phi) is 5.65. The third kappa shape index (κ3) is 4.45. The van der Waals surface area contributed by atoms with Crippen molar-refractivity contribution in [2.75, 3.05) is 33.8 Å². The van der Waals surface area contributed by atoms with Crippen molar-refractivity contribution in [1.82, 2.24) is 9.80 Å². The van der Waals surface area contributed by atoms with Crippen LogP contribution in [0.15, 0.2) is 24.3 Å². The van der Waals surface area contributed by atoms with Crippen LogP contribution in [-0.2, 0) is 11.3 Å². The minimum Gasteiger partial charge on any atom is -0.482 e. The fourth-order valence-electron chi connectivity index (χ4n) is 3.26. The quantitative estimate of drug-likeness (QED) is 0.835. The van der Waals surface area contributed by atoms with Crippen LogP contribution in [0.3, 0.4) is 0 Å². The molecule has 1 aromatic rings. The van der Waals surface area contributed by atoms with Gasteiger partial charge in [0, 0.05) is 24.2 Å². The normalized spacial score (nSPS) is 20.8. The Morgan fingerprint density at radius 3 is 2.74 bits per heavy atom. The van der Waals surface area contributed by atoms with Gasteiger partial charge in [0.2, 0.25) is 0 Å². The van der Waals surface area contributed by atoms with E-state index in [1.807, 2.05) is 24.3 Å². The summed E-state index contributed by atoms with van der Waals surface area (Å²) in [7, 11) is 4.30. The number of rotatable bonds is 7. The van der Waals surface area contributed by atoms with Crippen molar-refractivity contribution in [2.24, 2.45) is 5.92 Å². The van der Waals surface area contributed by atoms with Crippen LogP contribution in [0.1, 0.15) is 25.8 Å². The van der Waals surface area contributed by atoms with E-state index >= 15 is 0 Å². The molecule has 1 N–H and O–H groups in total. The topological polar surface area (TPSA) is 53.0 Å². The highest BCUT2D eigenvalue weighted by atomic mass is 16.5. The van der Waals surface area contributed by atoms with Crippen LogP contribution >= 0.6 is 0 Å². The second kappa shape index (κ2) is 7.32. The molecule has 1 atom stereocenters. The van der Waals surface area contributed by atoms with E-state index in [0.717, 1.165) is 25.2 Å². The molecule has 0 unspecified atom stereocenters. The van der Waals surface area contributed by atoms with Crippen molar-refractivity contribution in [3.05, 3.63) is 29.8 Å². The molecule has 1 aliphatic heterocycles. The molecule has 1 heterocycles. The molecule has 1 aliphatic rings. The highest BCUT2D eigenvalue weighted by Gasteiger charge is 2.39. The Morgan fingerprint density at radius 2 is 2.13 bits per heavy atom. The van der Waals surface area contributed by atoms with Crippen LogP contribution in [0.2, 0.25) is 0 Å². The Morgan fingerprint density at radius 1 is 1.43 bits per heavy atom. The van der Waals surface area contributed by atoms with Crippen molar-refractivity contribution >= 4 is 5.97 Å². The smallest absolute Gasteiger partial charge is 0.341 e. The van der Waals surface area contributed by atoms with Crippen molar-refractivity contribution in [3.8, 4) is 5.75 Å². The van der Waals surface area contributed by atoms with Gasteiger partial charge in [0.1, 0.15) is 5.75 Å². The van der Waals surface area contributed by atoms with Crippen LogP contribution in [0.4, 0.5) is 0 Å². The Bertz CT molecular complexity index is 545. The molecule has 128 valence electrons. The number of hydrogen-bond donors (Lipinski definition) is 1. The number of carboxylic acid groups (broad SMARTS) is 1. The average molecular weight is 320 g/mol. The molecule has 1 fully saturated rings. The molecule has 0 radical (unpaired) electrons. The number of carboxylic acids is 1. The summed E-state index contributed by atoms with van der Waals surface area (Å²) in [5, 5.41) is 8.78. The van der Waals surface area contributed by atoms with Crippen LogP contribution in [0.25, 0.3) is 0 Å². The van der Waals surface area contributed by atoms with Gasteiger partial charge in [-0.1, -0.05) is 18.2 Å². The van der Waals surface area contributed by atoms with Crippen molar-refractivity contribution in [3.63, 3.8) is 0 Å². The highest BCUT2D eigenvalue weighted by molar-refractivity contribution is 5.68. The summed E-state index contributed by atoms with van der Waals surface area (Å²) < 4.78 is 5.39. The molecule has 2 rings (SSSR count). The third-order valence-electron chi connectivity index (χ3n) is 5.09. The number of nitrogens with zero attached hydrogens (tertiary/aromatic N) is 2. The number of carbonyl (C=O) groups is 1. The lowest BCUT2D eigenvalue weighted by Gasteiger charge is -2.35. The molecule has 0 saturated carbocycles. The Balaban J connectivity index is 1.98. The van der Waals surface area contributed by atoms with Gasteiger partial charge in [-0.3, -0.25) is 0 Å². The predicted octanol–water partition coefficient (Wildman–Crippen LogP) is 2.31. The summed E-state index contributed by atoms with van der Waals surface area (Å²) in [6, 6.07) is 7.67. The van der Waals surface area contributed by atoms with Crippen molar-refractivity contribution in [1.29, 1.82) is 0 Å². The van der Waals surface area contributed by atoms with Crippen LogP contribution < -0.4 is 4.74 Å². The highest BCUT2D eigenvalue weighted by Crippen LogP contribution is 2.33. The number of ether oxygens (including phenoxy) is 1. The van der Waals surface area contributed by atoms with E-state index in [9.17, 15) is 4.79 Å². The number of para-hydroxylation sites is 1. The summed E-state index contributed by atoms with van der Waals surface area (Å²) in [4.78, 5) is 15.4. The number of benzene rings is 1. The van der Waals surface area contributed by atoms with Gasteiger partial charge in [-0.15, -0.1) is 0 Å². The van der Waals surface area contributed by atoms with Gasteiger partial charge in [0.25, 0.3) is 0 Å². The van der Waals surface area contributed by atoms with Gasteiger partial charge in [-0.05, 0) is 52.9 Å². The molecule has 0 spiro atoms. The molecule has 0 bridgehead atoms. The minimum atomic E-state index is -0.955. The maximum Gasteiger partial charge on any atom is 0.341 e. The SMILES string of the molecule is CN(Cc1ccccc1OCC(=O)O)C[C@H]1CCN(C)C1(C)C. The van der Waals surface area contributed by atoms with Gasteiger partial charge in [-0.25, -0.2) is 4.79 Å². The van der Waals surface area contributed by atoms with E-state index in [1.165, 1.54) is 6.42 Å². The monoisotopic (exact) mass is 320 g/mol. The second-order valence-corrected chi connectivity index (χ2v) is 7.05. The second-order valence-electron chi connectivity index (χ2n) is 7.05. The van der Waals surface area contributed by atoms with E-state index in [-0.39, 0.29) is 12.1 Å². The fourth-order valence-corrected chi connectivity index (χ4v) is 3.26. The van der Waals surface area contributed by atoms with Gasteiger partial charge in [-0.2, -0.15) is 0 Å². The van der Waals surface area contributed by atoms with Gasteiger partial charge < -0.3 is 19.6 Å². The minimum absolute atomic E-state index is 0.216. The number of likely N-dealkylation sites (tertiary alicyclic amines) is 1. The van der Waals surface area contributed by atoms with E-state index in [1.54, 1.807) is 0 Å². The van der Waals surface area contributed by atoms with Gasteiger partial charge >= 0.3 is 5.97 Å². The Labute approximate surface area is 138 Å². The zero-order valence-electron chi connectivity index (χ0n) is 14.6. The molecule has 0 amide bonds. The first kappa shape index (κ1) is 17.8. The largest absolute Gasteiger partial charge is 0.482 e.